The molecule has 0 bridgehead atoms. The van der Waals surface area contributed by atoms with E-state index in [9.17, 15) is 0 Å². The highest BCUT2D eigenvalue weighted by molar-refractivity contribution is 5.15. The van der Waals surface area contributed by atoms with Crippen LogP contribution in [0.2, 0.25) is 0 Å². The normalized spacial score (nSPS) is 29.9. The quantitative estimate of drug-likeness (QED) is 0.838. The summed E-state index contributed by atoms with van der Waals surface area (Å²) >= 11 is 0. The van der Waals surface area contributed by atoms with E-state index in [1.165, 1.54) is 44.5 Å². The van der Waals surface area contributed by atoms with E-state index < -0.39 is 0 Å². The summed E-state index contributed by atoms with van der Waals surface area (Å²) < 4.78 is 0. The summed E-state index contributed by atoms with van der Waals surface area (Å²) in [7, 11) is 0. The summed E-state index contributed by atoms with van der Waals surface area (Å²) in [6.07, 6.45) is 4.18. The average molecular weight is 230 g/mol. The van der Waals surface area contributed by atoms with Crippen LogP contribution in [0.4, 0.5) is 0 Å². The first-order chi connectivity index (χ1) is 8.43. The molecule has 2 nitrogen and oxygen atoms in total. The Morgan fingerprint density at radius 3 is 2.94 bits per heavy atom. The largest absolute Gasteiger partial charge is 0.315 e. The van der Waals surface area contributed by atoms with Crippen molar-refractivity contribution in [3.05, 3.63) is 35.9 Å². The molecule has 2 aliphatic heterocycles. The van der Waals surface area contributed by atoms with Crippen LogP contribution in [0.1, 0.15) is 24.8 Å². The zero-order valence-corrected chi connectivity index (χ0v) is 10.4. The van der Waals surface area contributed by atoms with Crippen LogP contribution in [0, 0.1) is 5.92 Å². The van der Waals surface area contributed by atoms with Crippen LogP contribution in [0.25, 0.3) is 0 Å². The van der Waals surface area contributed by atoms with E-state index in [1.807, 2.05) is 0 Å². The van der Waals surface area contributed by atoms with Gasteiger partial charge in [-0.3, -0.25) is 4.90 Å². The molecule has 17 heavy (non-hydrogen) atoms. The predicted molar refractivity (Wildman–Crippen MR) is 70.9 cm³/mol. The molecule has 92 valence electrons. The predicted octanol–water partition coefficient (Wildman–Crippen LogP) is 2.26. The van der Waals surface area contributed by atoms with Gasteiger partial charge < -0.3 is 5.32 Å². The number of nitrogens with one attached hydrogen (secondary N) is 1. The highest BCUT2D eigenvalue weighted by Gasteiger charge is 2.34. The van der Waals surface area contributed by atoms with Crippen LogP contribution in [0.3, 0.4) is 0 Å². The van der Waals surface area contributed by atoms with Crippen LogP contribution >= 0.6 is 0 Å². The summed E-state index contributed by atoms with van der Waals surface area (Å²) in [6.45, 7) is 4.82. The Bertz CT molecular complexity index is 349. The van der Waals surface area contributed by atoms with Crippen molar-refractivity contribution in [1.29, 1.82) is 0 Å². The van der Waals surface area contributed by atoms with Crippen molar-refractivity contribution in [2.45, 2.75) is 31.8 Å². The minimum atomic E-state index is 0.776. The van der Waals surface area contributed by atoms with Gasteiger partial charge >= 0.3 is 0 Å². The molecule has 0 amide bonds. The molecule has 0 saturated carbocycles. The second kappa shape index (κ2) is 5.19. The van der Waals surface area contributed by atoms with Crippen molar-refractivity contribution in [3.8, 4) is 0 Å². The molecule has 2 saturated heterocycles. The molecule has 3 rings (SSSR count). The molecule has 0 aliphatic carbocycles. The number of likely N-dealkylation sites (tertiary alicyclic amines) is 1. The van der Waals surface area contributed by atoms with Gasteiger partial charge in [0, 0.05) is 19.1 Å². The lowest BCUT2D eigenvalue weighted by atomic mass is 9.96. The zero-order chi connectivity index (χ0) is 11.5. The summed E-state index contributed by atoms with van der Waals surface area (Å²) in [6, 6.07) is 11.7. The Morgan fingerprint density at radius 1 is 1.18 bits per heavy atom. The van der Waals surface area contributed by atoms with Crippen LogP contribution in [-0.4, -0.2) is 30.6 Å². The molecule has 0 radical (unpaired) electrons. The average Bonchev–Trinajstić information content (AvgIpc) is 2.61. The molecule has 2 fully saturated rings. The van der Waals surface area contributed by atoms with Gasteiger partial charge in [-0.1, -0.05) is 30.3 Å². The molecule has 1 aromatic rings. The molecule has 2 atom stereocenters. The van der Waals surface area contributed by atoms with Crippen molar-refractivity contribution >= 4 is 0 Å². The summed E-state index contributed by atoms with van der Waals surface area (Å²) in [5.41, 5.74) is 1.46. The highest BCUT2D eigenvalue weighted by atomic mass is 15.2. The topological polar surface area (TPSA) is 15.3 Å². The molecule has 0 unspecified atom stereocenters. The summed E-state index contributed by atoms with van der Waals surface area (Å²) in [5, 5.41) is 3.59. The number of benzene rings is 1. The summed E-state index contributed by atoms with van der Waals surface area (Å²) in [4.78, 5) is 2.68. The van der Waals surface area contributed by atoms with Gasteiger partial charge in [-0.15, -0.1) is 0 Å². The van der Waals surface area contributed by atoms with E-state index in [0.717, 1.165) is 18.5 Å². The van der Waals surface area contributed by atoms with E-state index in [1.54, 1.807) is 0 Å². The molecule has 2 aliphatic rings. The van der Waals surface area contributed by atoms with Gasteiger partial charge in [0.1, 0.15) is 0 Å². The minimum absolute atomic E-state index is 0.776. The lowest BCUT2D eigenvalue weighted by Crippen LogP contribution is -2.39. The molecule has 0 spiro atoms. The van der Waals surface area contributed by atoms with Crippen molar-refractivity contribution in [2.24, 2.45) is 5.92 Å². The number of hydrogen-bond acceptors (Lipinski definition) is 2. The molecule has 2 heteroatoms. The molecular formula is C15H22N2. The molecular weight excluding hydrogens is 208 g/mol. The third-order valence-corrected chi connectivity index (χ3v) is 4.31. The van der Waals surface area contributed by atoms with Gasteiger partial charge in [0.05, 0.1) is 0 Å². The Balaban J connectivity index is 1.67. The van der Waals surface area contributed by atoms with Gasteiger partial charge in [0.25, 0.3) is 0 Å². The standard InChI is InChI=1S/C15H22N2/c1-2-5-13(6-3-1)12-17-10-8-14-7-4-9-16-11-15(14)17/h1-3,5-6,14-16H,4,7-12H2/t14-,15+/m0/s1. The first kappa shape index (κ1) is 11.2. The fourth-order valence-electron chi connectivity index (χ4n) is 3.37. The van der Waals surface area contributed by atoms with Gasteiger partial charge in [0.2, 0.25) is 0 Å². The second-order valence-electron chi connectivity index (χ2n) is 5.42. The third kappa shape index (κ3) is 2.53. The lowest BCUT2D eigenvalue weighted by molar-refractivity contribution is 0.217. The van der Waals surface area contributed by atoms with Crippen molar-refractivity contribution in [3.63, 3.8) is 0 Å². The molecule has 1 N–H and O–H groups in total. The first-order valence-corrected chi connectivity index (χ1v) is 6.92. The fraction of sp³-hybridized carbons (Fsp3) is 0.600. The van der Waals surface area contributed by atoms with Crippen LogP contribution in [0.15, 0.2) is 30.3 Å². The van der Waals surface area contributed by atoms with Crippen LogP contribution in [-0.2, 0) is 6.54 Å². The van der Waals surface area contributed by atoms with Gasteiger partial charge in [-0.05, 0) is 43.8 Å². The zero-order valence-electron chi connectivity index (χ0n) is 10.4. The number of rotatable bonds is 2. The first-order valence-electron chi connectivity index (χ1n) is 6.92. The van der Waals surface area contributed by atoms with Crippen molar-refractivity contribution in [1.82, 2.24) is 10.2 Å². The van der Waals surface area contributed by atoms with Crippen molar-refractivity contribution in [2.75, 3.05) is 19.6 Å². The van der Waals surface area contributed by atoms with E-state index in [2.05, 4.69) is 40.5 Å². The molecule has 0 aromatic heterocycles. The fourth-order valence-corrected chi connectivity index (χ4v) is 3.37. The van der Waals surface area contributed by atoms with E-state index in [4.69, 9.17) is 0 Å². The minimum Gasteiger partial charge on any atom is -0.315 e. The SMILES string of the molecule is c1ccc(CN2CC[C@@H]3CCCNC[C@H]32)cc1. The maximum Gasteiger partial charge on any atom is 0.0252 e. The lowest BCUT2D eigenvalue weighted by Gasteiger charge is -2.26. The van der Waals surface area contributed by atoms with Gasteiger partial charge in [0.15, 0.2) is 0 Å². The number of fused-ring (bicyclic) bond motifs is 1. The van der Waals surface area contributed by atoms with E-state index in [0.29, 0.717) is 0 Å². The maximum absolute atomic E-state index is 3.59. The maximum atomic E-state index is 3.59. The molecule has 1 aromatic carbocycles. The van der Waals surface area contributed by atoms with E-state index in [-0.39, 0.29) is 0 Å². The Morgan fingerprint density at radius 2 is 2.06 bits per heavy atom. The Labute approximate surface area is 104 Å². The summed E-state index contributed by atoms with van der Waals surface area (Å²) in [5.74, 6) is 0.939. The Hall–Kier alpha value is -0.860. The smallest absolute Gasteiger partial charge is 0.0252 e. The van der Waals surface area contributed by atoms with E-state index >= 15 is 0 Å². The second-order valence-corrected chi connectivity index (χ2v) is 5.42. The van der Waals surface area contributed by atoms with Crippen molar-refractivity contribution < 1.29 is 0 Å². The third-order valence-electron chi connectivity index (χ3n) is 4.31. The molecule has 2 heterocycles. The van der Waals surface area contributed by atoms with Gasteiger partial charge in [-0.2, -0.15) is 0 Å². The highest BCUT2D eigenvalue weighted by Crippen LogP contribution is 2.30. The van der Waals surface area contributed by atoms with Crippen LogP contribution < -0.4 is 5.32 Å². The Kier molecular flexibility index (Phi) is 3.44. The monoisotopic (exact) mass is 230 g/mol. The number of nitrogens with zero attached hydrogens (tertiary/aromatic N) is 1. The van der Waals surface area contributed by atoms with Crippen LogP contribution in [0.5, 0.6) is 0 Å². The number of hydrogen-bond donors (Lipinski definition) is 1. The van der Waals surface area contributed by atoms with Gasteiger partial charge in [-0.25, -0.2) is 0 Å².